The average Bonchev–Trinajstić information content (AvgIpc) is 2.13. The molecule has 1 aromatic rings. The van der Waals surface area contributed by atoms with E-state index in [1.165, 1.54) is 0 Å². The maximum atomic E-state index is 11.7. The lowest BCUT2D eigenvalue weighted by molar-refractivity contribution is -0.119. The molecule has 1 aromatic carbocycles. The Hall–Kier alpha value is -1.35. The van der Waals surface area contributed by atoms with E-state index in [0.29, 0.717) is 0 Å². The Morgan fingerprint density at radius 1 is 1.27 bits per heavy atom. The predicted octanol–water partition coefficient (Wildman–Crippen LogP) is 1.61. The number of aryl methyl sites for hydroxylation is 2. The van der Waals surface area contributed by atoms with Crippen LogP contribution in [0.4, 0.5) is 5.69 Å². The number of benzene rings is 1. The summed E-state index contributed by atoms with van der Waals surface area (Å²) in [6, 6.07) is 5.57. The first-order valence-electron chi connectivity index (χ1n) is 5.03. The van der Waals surface area contributed by atoms with E-state index in [-0.39, 0.29) is 5.91 Å². The van der Waals surface area contributed by atoms with Crippen LogP contribution in [0.1, 0.15) is 18.1 Å². The van der Waals surface area contributed by atoms with Crippen LogP contribution in [0.2, 0.25) is 0 Å². The Balaban J connectivity index is 3.00. The fourth-order valence-electron chi connectivity index (χ4n) is 1.58. The SMILES string of the molecule is Cc1cc(C)cc(N(C)C(=O)[C@@H](C)N)c1. The van der Waals surface area contributed by atoms with Gasteiger partial charge in [-0.3, -0.25) is 4.79 Å². The summed E-state index contributed by atoms with van der Waals surface area (Å²) in [5.74, 6) is -0.0694. The highest BCUT2D eigenvalue weighted by Crippen LogP contribution is 2.17. The number of anilines is 1. The minimum Gasteiger partial charge on any atom is -0.320 e. The van der Waals surface area contributed by atoms with Gasteiger partial charge in [0.25, 0.3) is 0 Å². The molecule has 1 amide bonds. The van der Waals surface area contributed by atoms with Crippen molar-refractivity contribution in [2.24, 2.45) is 5.73 Å². The van der Waals surface area contributed by atoms with Crippen molar-refractivity contribution in [1.29, 1.82) is 0 Å². The molecule has 0 radical (unpaired) electrons. The summed E-state index contributed by atoms with van der Waals surface area (Å²) in [6.45, 7) is 5.73. The van der Waals surface area contributed by atoms with E-state index in [4.69, 9.17) is 5.73 Å². The largest absolute Gasteiger partial charge is 0.320 e. The maximum Gasteiger partial charge on any atom is 0.243 e. The summed E-state index contributed by atoms with van der Waals surface area (Å²) in [5.41, 5.74) is 8.75. The van der Waals surface area contributed by atoms with Crippen molar-refractivity contribution >= 4 is 11.6 Å². The predicted molar refractivity (Wildman–Crippen MR) is 63.0 cm³/mol. The Morgan fingerprint density at radius 2 is 1.73 bits per heavy atom. The second-order valence-corrected chi connectivity index (χ2v) is 4.03. The zero-order chi connectivity index (χ0) is 11.6. The molecule has 0 aromatic heterocycles. The zero-order valence-electron chi connectivity index (χ0n) is 9.74. The van der Waals surface area contributed by atoms with Crippen LogP contribution in [0.3, 0.4) is 0 Å². The Kier molecular flexibility index (Phi) is 3.48. The number of hydrogen-bond acceptors (Lipinski definition) is 2. The zero-order valence-corrected chi connectivity index (χ0v) is 9.74. The number of amides is 1. The highest BCUT2D eigenvalue weighted by molar-refractivity contribution is 5.96. The number of likely N-dealkylation sites (N-methyl/N-ethyl adjacent to an activating group) is 1. The molecule has 0 heterocycles. The van der Waals surface area contributed by atoms with Crippen LogP contribution in [-0.4, -0.2) is 19.0 Å². The average molecular weight is 206 g/mol. The van der Waals surface area contributed by atoms with E-state index < -0.39 is 6.04 Å². The molecule has 3 heteroatoms. The highest BCUT2D eigenvalue weighted by Gasteiger charge is 2.15. The van der Waals surface area contributed by atoms with E-state index in [1.54, 1.807) is 18.9 Å². The molecule has 0 aliphatic rings. The monoisotopic (exact) mass is 206 g/mol. The summed E-state index contributed by atoms with van der Waals surface area (Å²) in [5, 5.41) is 0. The van der Waals surface area contributed by atoms with Crippen LogP contribution in [0.5, 0.6) is 0 Å². The molecule has 1 rings (SSSR count). The third-order valence-corrected chi connectivity index (χ3v) is 2.31. The van der Waals surface area contributed by atoms with Crippen molar-refractivity contribution in [3.05, 3.63) is 29.3 Å². The Morgan fingerprint density at radius 3 is 2.13 bits per heavy atom. The fourth-order valence-corrected chi connectivity index (χ4v) is 1.58. The number of carbonyl (C=O) groups excluding carboxylic acids is 1. The van der Waals surface area contributed by atoms with E-state index in [9.17, 15) is 4.79 Å². The third kappa shape index (κ3) is 2.80. The second-order valence-electron chi connectivity index (χ2n) is 4.03. The molecule has 0 bridgehead atoms. The van der Waals surface area contributed by atoms with Crippen LogP contribution in [-0.2, 0) is 4.79 Å². The van der Waals surface area contributed by atoms with Crippen molar-refractivity contribution in [2.45, 2.75) is 26.8 Å². The minimum atomic E-state index is -0.462. The molecule has 0 spiro atoms. The van der Waals surface area contributed by atoms with Gasteiger partial charge in [0.15, 0.2) is 0 Å². The molecule has 0 aliphatic carbocycles. The van der Waals surface area contributed by atoms with Gasteiger partial charge in [0.05, 0.1) is 6.04 Å². The molecular formula is C12H18N2O. The molecule has 0 saturated carbocycles. The first kappa shape index (κ1) is 11.7. The molecule has 0 saturated heterocycles. The maximum absolute atomic E-state index is 11.7. The van der Waals surface area contributed by atoms with Crippen molar-refractivity contribution in [3.63, 3.8) is 0 Å². The van der Waals surface area contributed by atoms with Gasteiger partial charge in [0.1, 0.15) is 0 Å². The molecule has 2 N–H and O–H groups in total. The summed E-state index contributed by atoms with van der Waals surface area (Å²) < 4.78 is 0. The number of rotatable bonds is 2. The fraction of sp³-hybridized carbons (Fsp3) is 0.417. The van der Waals surface area contributed by atoms with Gasteiger partial charge >= 0.3 is 0 Å². The molecule has 15 heavy (non-hydrogen) atoms. The van der Waals surface area contributed by atoms with Crippen molar-refractivity contribution in [3.8, 4) is 0 Å². The topological polar surface area (TPSA) is 46.3 Å². The van der Waals surface area contributed by atoms with E-state index in [0.717, 1.165) is 16.8 Å². The smallest absolute Gasteiger partial charge is 0.243 e. The summed E-state index contributed by atoms with van der Waals surface area (Å²) in [7, 11) is 1.75. The first-order valence-corrected chi connectivity index (χ1v) is 5.03. The van der Waals surface area contributed by atoms with Gasteiger partial charge in [-0.15, -0.1) is 0 Å². The van der Waals surface area contributed by atoms with E-state index in [2.05, 4.69) is 6.07 Å². The van der Waals surface area contributed by atoms with Crippen molar-refractivity contribution in [2.75, 3.05) is 11.9 Å². The van der Waals surface area contributed by atoms with Crippen LogP contribution in [0.15, 0.2) is 18.2 Å². The van der Waals surface area contributed by atoms with Crippen LogP contribution >= 0.6 is 0 Å². The van der Waals surface area contributed by atoms with Gasteiger partial charge in [0, 0.05) is 12.7 Å². The summed E-state index contributed by atoms with van der Waals surface area (Å²) in [6.07, 6.45) is 0. The number of nitrogens with zero attached hydrogens (tertiary/aromatic N) is 1. The molecule has 3 nitrogen and oxygen atoms in total. The van der Waals surface area contributed by atoms with Gasteiger partial charge in [-0.2, -0.15) is 0 Å². The van der Waals surface area contributed by atoms with E-state index >= 15 is 0 Å². The van der Waals surface area contributed by atoms with Crippen molar-refractivity contribution < 1.29 is 4.79 Å². The van der Waals surface area contributed by atoms with Gasteiger partial charge in [-0.1, -0.05) is 6.07 Å². The van der Waals surface area contributed by atoms with Crippen LogP contribution < -0.4 is 10.6 Å². The van der Waals surface area contributed by atoms with Gasteiger partial charge in [0.2, 0.25) is 5.91 Å². The summed E-state index contributed by atoms with van der Waals surface area (Å²) in [4.78, 5) is 13.3. The normalized spacial score (nSPS) is 12.3. The molecule has 0 fully saturated rings. The second kappa shape index (κ2) is 4.45. The van der Waals surface area contributed by atoms with Crippen LogP contribution in [0, 0.1) is 13.8 Å². The quantitative estimate of drug-likeness (QED) is 0.799. The molecular weight excluding hydrogens is 188 g/mol. The Labute approximate surface area is 90.9 Å². The molecule has 82 valence electrons. The summed E-state index contributed by atoms with van der Waals surface area (Å²) >= 11 is 0. The lowest BCUT2D eigenvalue weighted by Gasteiger charge is -2.20. The molecule has 0 aliphatic heterocycles. The highest BCUT2D eigenvalue weighted by atomic mass is 16.2. The molecule has 0 unspecified atom stereocenters. The van der Waals surface area contributed by atoms with Crippen LogP contribution in [0.25, 0.3) is 0 Å². The minimum absolute atomic E-state index is 0.0694. The van der Waals surface area contributed by atoms with Crippen molar-refractivity contribution in [1.82, 2.24) is 0 Å². The molecule has 1 atom stereocenters. The lowest BCUT2D eigenvalue weighted by Crippen LogP contribution is -2.39. The Bertz CT molecular complexity index is 352. The van der Waals surface area contributed by atoms with E-state index in [1.807, 2.05) is 26.0 Å². The van der Waals surface area contributed by atoms with Gasteiger partial charge < -0.3 is 10.6 Å². The standard InChI is InChI=1S/C12H18N2O/c1-8-5-9(2)7-11(6-8)14(4)12(15)10(3)13/h5-7,10H,13H2,1-4H3/t10-/m1/s1. The number of nitrogens with two attached hydrogens (primary N) is 1. The third-order valence-electron chi connectivity index (χ3n) is 2.31. The number of carbonyl (C=O) groups is 1. The first-order chi connectivity index (χ1) is 6.91. The number of hydrogen-bond donors (Lipinski definition) is 1. The van der Waals surface area contributed by atoms with Gasteiger partial charge in [-0.05, 0) is 44.0 Å². The lowest BCUT2D eigenvalue weighted by atomic mass is 10.1. The van der Waals surface area contributed by atoms with Gasteiger partial charge in [-0.25, -0.2) is 0 Å².